The Bertz CT molecular complexity index is 727. The standard InChI is InChI=1S/C18H20F3N3O2/c1-12(14-7-3-8-15(11-14)26-18(19,20)21)24-10-4-9-22-17(24)23-16(25)13-5-2-6-13/h3-4,7-9,11-13H,2,5-6,10H2,1H3,(H,22,23,25). The van der Waals surface area contributed by atoms with E-state index in [1.807, 2.05) is 17.9 Å². The summed E-state index contributed by atoms with van der Waals surface area (Å²) in [6, 6.07) is 5.54. The van der Waals surface area contributed by atoms with Gasteiger partial charge in [0.15, 0.2) is 0 Å². The highest BCUT2D eigenvalue weighted by molar-refractivity contribution is 5.99. The largest absolute Gasteiger partial charge is 0.573 e. The molecule has 1 saturated carbocycles. The van der Waals surface area contributed by atoms with Crippen LogP contribution in [-0.4, -0.2) is 29.7 Å². The minimum absolute atomic E-state index is 0.0178. The molecule has 1 amide bonds. The fourth-order valence-corrected chi connectivity index (χ4v) is 2.92. The van der Waals surface area contributed by atoms with Crippen molar-refractivity contribution in [1.29, 1.82) is 0 Å². The molecule has 140 valence electrons. The number of ether oxygens (including phenoxy) is 1. The van der Waals surface area contributed by atoms with Crippen molar-refractivity contribution >= 4 is 11.9 Å². The lowest BCUT2D eigenvalue weighted by atomic mass is 9.85. The van der Waals surface area contributed by atoms with Gasteiger partial charge in [0.1, 0.15) is 5.75 Å². The number of carbonyl (C=O) groups is 1. The van der Waals surface area contributed by atoms with Crippen molar-refractivity contribution in [3.63, 3.8) is 0 Å². The second kappa shape index (κ2) is 7.39. The van der Waals surface area contributed by atoms with Crippen LogP contribution in [0, 0.1) is 5.92 Å². The van der Waals surface area contributed by atoms with Gasteiger partial charge in [-0.1, -0.05) is 18.6 Å². The normalized spacial score (nSPS) is 18.8. The van der Waals surface area contributed by atoms with Crippen LogP contribution in [0.4, 0.5) is 13.2 Å². The molecule has 5 nitrogen and oxygen atoms in total. The first kappa shape index (κ1) is 18.3. The van der Waals surface area contributed by atoms with E-state index < -0.39 is 6.36 Å². The first-order chi connectivity index (χ1) is 12.3. The topological polar surface area (TPSA) is 53.9 Å². The summed E-state index contributed by atoms with van der Waals surface area (Å²) in [7, 11) is 0. The summed E-state index contributed by atoms with van der Waals surface area (Å²) < 4.78 is 41.3. The zero-order valence-electron chi connectivity index (χ0n) is 14.3. The van der Waals surface area contributed by atoms with Gasteiger partial charge in [0.25, 0.3) is 0 Å². The number of aliphatic imine (C=N–C) groups is 1. The molecule has 2 aliphatic rings. The highest BCUT2D eigenvalue weighted by Gasteiger charge is 2.32. The van der Waals surface area contributed by atoms with Crippen LogP contribution in [0.1, 0.15) is 37.8 Å². The number of guanidine groups is 1. The smallest absolute Gasteiger partial charge is 0.406 e. The number of hydrogen-bond donors (Lipinski definition) is 1. The molecular formula is C18H20F3N3O2. The molecule has 0 spiro atoms. The molecule has 1 N–H and O–H groups in total. The van der Waals surface area contributed by atoms with E-state index in [4.69, 9.17) is 0 Å². The predicted octanol–water partition coefficient (Wildman–Crippen LogP) is 3.75. The number of amides is 1. The third kappa shape index (κ3) is 4.36. The number of rotatable bonds is 4. The molecule has 1 fully saturated rings. The van der Waals surface area contributed by atoms with Crippen LogP contribution in [0.3, 0.4) is 0 Å². The number of carbonyl (C=O) groups excluding carboxylic acids is 1. The van der Waals surface area contributed by atoms with Crippen molar-refractivity contribution in [2.24, 2.45) is 10.9 Å². The number of nitrogens with zero attached hydrogens (tertiary/aromatic N) is 2. The van der Waals surface area contributed by atoms with Gasteiger partial charge in [-0.2, -0.15) is 0 Å². The third-order valence-corrected chi connectivity index (χ3v) is 4.63. The Hall–Kier alpha value is -2.51. The maximum atomic E-state index is 12.4. The van der Waals surface area contributed by atoms with E-state index in [9.17, 15) is 18.0 Å². The second-order valence-corrected chi connectivity index (χ2v) is 6.40. The van der Waals surface area contributed by atoms with Crippen molar-refractivity contribution in [2.45, 2.75) is 38.6 Å². The Morgan fingerprint density at radius 1 is 1.38 bits per heavy atom. The molecule has 1 atom stereocenters. The Labute approximate surface area is 149 Å². The van der Waals surface area contributed by atoms with Gasteiger partial charge >= 0.3 is 6.36 Å². The molecule has 0 bridgehead atoms. The molecule has 1 aliphatic carbocycles. The molecule has 1 unspecified atom stereocenters. The SMILES string of the molecule is CC(c1cccc(OC(F)(F)F)c1)N1CC=CN=C1NC(=O)C1CCC1. The predicted molar refractivity (Wildman–Crippen MR) is 90.3 cm³/mol. The Kier molecular flexibility index (Phi) is 5.20. The summed E-state index contributed by atoms with van der Waals surface area (Å²) in [5, 5.41) is 2.85. The minimum Gasteiger partial charge on any atom is -0.406 e. The van der Waals surface area contributed by atoms with Crippen LogP contribution in [0.25, 0.3) is 0 Å². The zero-order chi connectivity index (χ0) is 18.7. The molecule has 1 aromatic carbocycles. The van der Waals surface area contributed by atoms with Crippen molar-refractivity contribution in [2.75, 3.05) is 6.54 Å². The van der Waals surface area contributed by atoms with Crippen LogP contribution in [-0.2, 0) is 4.79 Å². The van der Waals surface area contributed by atoms with Gasteiger partial charge in [0, 0.05) is 18.7 Å². The van der Waals surface area contributed by atoms with Crippen molar-refractivity contribution < 1.29 is 22.7 Å². The van der Waals surface area contributed by atoms with E-state index in [-0.39, 0.29) is 23.6 Å². The molecule has 0 saturated heterocycles. The van der Waals surface area contributed by atoms with Gasteiger partial charge < -0.3 is 9.64 Å². The number of alkyl halides is 3. The van der Waals surface area contributed by atoms with E-state index in [1.165, 1.54) is 18.2 Å². The molecule has 8 heteroatoms. The summed E-state index contributed by atoms with van der Waals surface area (Å²) in [4.78, 5) is 18.3. The summed E-state index contributed by atoms with van der Waals surface area (Å²) >= 11 is 0. The van der Waals surface area contributed by atoms with Gasteiger partial charge in [-0.05, 0) is 43.5 Å². The summed E-state index contributed by atoms with van der Waals surface area (Å²) in [5.41, 5.74) is 0.632. The lowest BCUT2D eigenvalue weighted by Crippen LogP contribution is -2.48. The summed E-state index contributed by atoms with van der Waals surface area (Å²) in [6.07, 6.45) is 1.51. The molecule has 1 aliphatic heterocycles. The van der Waals surface area contributed by atoms with E-state index >= 15 is 0 Å². The lowest BCUT2D eigenvalue weighted by Gasteiger charge is -2.34. The fourth-order valence-electron chi connectivity index (χ4n) is 2.92. The third-order valence-electron chi connectivity index (χ3n) is 4.63. The average Bonchev–Trinajstić information content (AvgIpc) is 2.51. The second-order valence-electron chi connectivity index (χ2n) is 6.40. The summed E-state index contributed by atoms with van der Waals surface area (Å²) in [5.74, 6) is 0.103. The quantitative estimate of drug-likeness (QED) is 0.882. The number of halogens is 3. The van der Waals surface area contributed by atoms with Gasteiger partial charge in [-0.25, -0.2) is 4.99 Å². The lowest BCUT2D eigenvalue weighted by molar-refractivity contribution is -0.274. The fraction of sp³-hybridized carbons (Fsp3) is 0.444. The van der Waals surface area contributed by atoms with Crippen molar-refractivity contribution in [3.8, 4) is 5.75 Å². The highest BCUT2D eigenvalue weighted by atomic mass is 19.4. The van der Waals surface area contributed by atoms with E-state index in [0.717, 1.165) is 19.3 Å². The van der Waals surface area contributed by atoms with E-state index in [0.29, 0.717) is 18.1 Å². The minimum atomic E-state index is -4.74. The first-order valence-electron chi connectivity index (χ1n) is 8.49. The molecular weight excluding hydrogens is 347 g/mol. The van der Waals surface area contributed by atoms with Crippen LogP contribution in [0.15, 0.2) is 41.5 Å². The number of benzene rings is 1. The average molecular weight is 367 g/mol. The first-order valence-corrected chi connectivity index (χ1v) is 8.49. The van der Waals surface area contributed by atoms with Crippen molar-refractivity contribution in [1.82, 2.24) is 10.2 Å². The molecule has 26 heavy (non-hydrogen) atoms. The maximum Gasteiger partial charge on any atom is 0.573 e. The van der Waals surface area contributed by atoms with E-state index in [1.54, 1.807) is 12.3 Å². The van der Waals surface area contributed by atoms with Gasteiger partial charge in [-0.15, -0.1) is 13.2 Å². The Morgan fingerprint density at radius 3 is 2.81 bits per heavy atom. The molecule has 0 radical (unpaired) electrons. The van der Waals surface area contributed by atoms with Gasteiger partial charge in [0.2, 0.25) is 11.9 Å². The molecule has 3 rings (SSSR count). The van der Waals surface area contributed by atoms with Crippen molar-refractivity contribution in [3.05, 3.63) is 42.1 Å². The molecule has 0 aromatic heterocycles. The Morgan fingerprint density at radius 2 is 2.15 bits per heavy atom. The number of hydrogen-bond acceptors (Lipinski definition) is 4. The van der Waals surface area contributed by atoms with Crippen LogP contribution in [0.5, 0.6) is 5.75 Å². The highest BCUT2D eigenvalue weighted by Crippen LogP contribution is 2.29. The van der Waals surface area contributed by atoms with Gasteiger partial charge in [0.05, 0.1) is 6.04 Å². The van der Waals surface area contributed by atoms with Crippen LogP contribution in [0.2, 0.25) is 0 Å². The van der Waals surface area contributed by atoms with Crippen LogP contribution < -0.4 is 10.1 Å². The monoisotopic (exact) mass is 367 g/mol. The van der Waals surface area contributed by atoms with Crippen LogP contribution >= 0.6 is 0 Å². The maximum absolute atomic E-state index is 12.4. The number of nitrogens with one attached hydrogen (secondary N) is 1. The Balaban J connectivity index is 1.74. The zero-order valence-corrected chi connectivity index (χ0v) is 14.3. The summed E-state index contributed by atoms with van der Waals surface area (Å²) in [6.45, 7) is 2.34. The molecule has 1 heterocycles. The molecule has 1 aromatic rings. The van der Waals surface area contributed by atoms with E-state index in [2.05, 4.69) is 15.0 Å². The van der Waals surface area contributed by atoms with Gasteiger partial charge in [-0.3, -0.25) is 10.1 Å².